The van der Waals surface area contributed by atoms with Crippen LogP contribution in [0.3, 0.4) is 0 Å². The first-order valence-electron chi connectivity index (χ1n) is 7.16. The summed E-state index contributed by atoms with van der Waals surface area (Å²) >= 11 is 1.67. The molecule has 0 bridgehead atoms. The van der Waals surface area contributed by atoms with Crippen LogP contribution >= 0.6 is 11.3 Å². The van der Waals surface area contributed by atoms with Crippen molar-refractivity contribution >= 4 is 17.2 Å². The van der Waals surface area contributed by atoms with Gasteiger partial charge in [-0.1, -0.05) is 19.3 Å². The quantitative estimate of drug-likeness (QED) is 0.869. The topological polar surface area (TPSA) is 41.1 Å². The van der Waals surface area contributed by atoms with Gasteiger partial charge in [0.05, 0.1) is 6.04 Å². The van der Waals surface area contributed by atoms with Crippen LogP contribution in [0.1, 0.15) is 57.1 Å². The largest absolute Gasteiger partial charge is 0.349 e. The monoisotopic (exact) mass is 280 g/mol. The first-order chi connectivity index (χ1) is 9.15. The Hall–Kier alpha value is -0.870. The number of hydrogen-bond acceptors (Lipinski definition) is 3. The van der Waals surface area contributed by atoms with E-state index in [9.17, 15) is 4.79 Å². The second kappa shape index (κ2) is 6.53. The third kappa shape index (κ3) is 3.80. The molecule has 0 aliphatic heterocycles. The molecule has 0 radical (unpaired) electrons. The van der Waals surface area contributed by atoms with E-state index >= 15 is 0 Å². The van der Waals surface area contributed by atoms with Crippen molar-refractivity contribution in [2.24, 2.45) is 0 Å². The van der Waals surface area contributed by atoms with Crippen molar-refractivity contribution in [2.45, 2.75) is 57.0 Å². The van der Waals surface area contributed by atoms with Crippen molar-refractivity contribution in [2.75, 3.05) is 7.05 Å². The third-order valence-electron chi connectivity index (χ3n) is 4.26. The second-order valence-corrected chi connectivity index (χ2v) is 6.39. The molecule has 1 aromatic rings. The minimum absolute atomic E-state index is 0.0245. The van der Waals surface area contributed by atoms with Crippen LogP contribution in [0, 0.1) is 0 Å². The van der Waals surface area contributed by atoms with Gasteiger partial charge in [-0.05, 0) is 49.2 Å². The summed E-state index contributed by atoms with van der Waals surface area (Å²) in [6.45, 7) is 2.05. The number of nitrogens with one attached hydrogen (secondary N) is 2. The predicted molar refractivity (Wildman–Crippen MR) is 80.4 cm³/mol. The van der Waals surface area contributed by atoms with Crippen LogP contribution in [0.15, 0.2) is 16.8 Å². The summed E-state index contributed by atoms with van der Waals surface area (Å²) in [7, 11) is 1.99. The Kier molecular flexibility index (Phi) is 4.99. The van der Waals surface area contributed by atoms with Gasteiger partial charge in [0.25, 0.3) is 0 Å². The predicted octanol–water partition coefficient (Wildman–Crippen LogP) is 3.24. The van der Waals surface area contributed by atoms with Crippen LogP contribution in [-0.2, 0) is 4.79 Å². The molecule has 1 unspecified atom stereocenters. The summed E-state index contributed by atoms with van der Waals surface area (Å²) in [4.78, 5) is 12.2. The van der Waals surface area contributed by atoms with Crippen LogP contribution in [-0.4, -0.2) is 18.5 Å². The normalized spacial score (nSPS) is 19.9. The average molecular weight is 280 g/mol. The number of carbonyl (C=O) groups is 1. The number of hydrogen-bond donors (Lipinski definition) is 2. The van der Waals surface area contributed by atoms with Gasteiger partial charge in [0.1, 0.15) is 0 Å². The van der Waals surface area contributed by atoms with E-state index in [0.29, 0.717) is 6.42 Å². The maximum atomic E-state index is 12.2. The maximum Gasteiger partial charge on any atom is 0.222 e. The summed E-state index contributed by atoms with van der Waals surface area (Å²) in [5, 5.41) is 10.7. The zero-order valence-electron chi connectivity index (χ0n) is 11.9. The highest BCUT2D eigenvalue weighted by atomic mass is 32.1. The highest BCUT2D eigenvalue weighted by molar-refractivity contribution is 7.07. The molecule has 19 heavy (non-hydrogen) atoms. The number of carbonyl (C=O) groups excluding carboxylic acids is 1. The number of amides is 1. The Balaban J connectivity index is 1.89. The minimum Gasteiger partial charge on any atom is -0.349 e. The lowest BCUT2D eigenvalue weighted by molar-refractivity contribution is -0.123. The van der Waals surface area contributed by atoms with Gasteiger partial charge in [-0.3, -0.25) is 4.79 Å². The van der Waals surface area contributed by atoms with Crippen LogP contribution < -0.4 is 10.6 Å². The summed E-state index contributed by atoms with van der Waals surface area (Å²) in [6.07, 6.45) is 6.59. The van der Waals surface area contributed by atoms with E-state index in [0.717, 1.165) is 12.8 Å². The summed E-state index contributed by atoms with van der Waals surface area (Å²) in [6, 6.07) is 2.18. The Morgan fingerprint density at radius 2 is 2.16 bits per heavy atom. The molecule has 3 nitrogen and oxygen atoms in total. The van der Waals surface area contributed by atoms with Crippen molar-refractivity contribution in [3.8, 4) is 0 Å². The summed E-state index contributed by atoms with van der Waals surface area (Å²) in [5.41, 5.74) is 1.22. The van der Waals surface area contributed by atoms with E-state index in [2.05, 4.69) is 22.1 Å². The summed E-state index contributed by atoms with van der Waals surface area (Å²) in [5.74, 6) is 0.162. The lowest BCUT2D eigenvalue weighted by atomic mass is 9.79. The van der Waals surface area contributed by atoms with E-state index in [1.54, 1.807) is 11.3 Å². The molecule has 1 aliphatic rings. The number of thiophene rings is 1. The van der Waals surface area contributed by atoms with Gasteiger partial charge < -0.3 is 10.6 Å². The third-order valence-corrected chi connectivity index (χ3v) is 4.96. The maximum absolute atomic E-state index is 12.2. The molecule has 106 valence electrons. The molecule has 0 spiro atoms. The Labute approximate surface area is 119 Å². The van der Waals surface area contributed by atoms with Crippen LogP contribution in [0.4, 0.5) is 0 Å². The highest BCUT2D eigenvalue weighted by Crippen LogP contribution is 2.31. The van der Waals surface area contributed by atoms with Crippen LogP contribution in [0.5, 0.6) is 0 Å². The fourth-order valence-corrected chi connectivity index (χ4v) is 3.70. The molecule has 0 saturated heterocycles. The minimum atomic E-state index is 0.0245. The molecule has 0 aromatic carbocycles. The van der Waals surface area contributed by atoms with E-state index in [-0.39, 0.29) is 17.5 Å². The Morgan fingerprint density at radius 1 is 1.42 bits per heavy atom. The number of rotatable bonds is 5. The Bertz CT molecular complexity index is 396. The van der Waals surface area contributed by atoms with Gasteiger partial charge in [0, 0.05) is 12.0 Å². The average Bonchev–Trinajstić information content (AvgIpc) is 2.93. The molecular weight excluding hydrogens is 256 g/mol. The van der Waals surface area contributed by atoms with Gasteiger partial charge >= 0.3 is 0 Å². The highest BCUT2D eigenvalue weighted by Gasteiger charge is 2.32. The molecule has 1 saturated carbocycles. The van der Waals surface area contributed by atoms with Crippen molar-refractivity contribution in [1.29, 1.82) is 0 Å². The lowest BCUT2D eigenvalue weighted by Gasteiger charge is -2.37. The Morgan fingerprint density at radius 3 is 2.74 bits per heavy atom. The smallest absolute Gasteiger partial charge is 0.222 e. The first kappa shape index (κ1) is 14.5. The van der Waals surface area contributed by atoms with Gasteiger partial charge in [-0.25, -0.2) is 0 Å². The van der Waals surface area contributed by atoms with Gasteiger partial charge in [0.15, 0.2) is 0 Å². The van der Waals surface area contributed by atoms with Gasteiger partial charge in [-0.15, -0.1) is 0 Å². The zero-order chi connectivity index (χ0) is 13.7. The lowest BCUT2D eigenvalue weighted by Crippen LogP contribution is -2.48. The fraction of sp³-hybridized carbons (Fsp3) is 0.667. The van der Waals surface area contributed by atoms with Crippen molar-refractivity contribution in [3.05, 3.63) is 22.4 Å². The van der Waals surface area contributed by atoms with Crippen LogP contribution in [0.2, 0.25) is 0 Å². The van der Waals surface area contributed by atoms with Crippen molar-refractivity contribution in [1.82, 2.24) is 10.6 Å². The molecule has 1 aromatic heterocycles. The van der Waals surface area contributed by atoms with Crippen molar-refractivity contribution < 1.29 is 4.79 Å². The SMILES string of the molecule is CNC1(CC(=O)NC(C)c2ccsc2)CCCCC1. The molecular formula is C15H24N2OS. The molecule has 1 amide bonds. The van der Waals surface area contributed by atoms with Crippen LogP contribution in [0.25, 0.3) is 0 Å². The summed E-state index contributed by atoms with van der Waals surface area (Å²) < 4.78 is 0. The van der Waals surface area contributed by atoms with Gasteiger partial charge in [-0.2, -0.15) is 11.3 Å². The van der Waals surface area contributed by atoms with E-state index in [1.807, 2.05) is 19.4 Å². The molecule has 2 rings (SSSR count). The second-order valence-electron chi connectivity index (χ2n) is 5.61. The molecule has 1 atom stereocenters. The molecule has 4 heteroatoms. The fourth-order valence-electron chi connectivity index (χ4n) is 2.95. The van der Waals surface area contributed by atoms with Crippen molar-refractivity contribution in [3.63, 3.8) is 0 Å². The molecule has 1 fully saturated rings. The zero-order valence-corrected chi connectivity index (χ0v) is 12.7. The van der Waals surface area contributed by atoms with Gasteiger partial charge in [0.2, 0.25) is 5.91 Å². The first-order valence-corrected chi connectivity index (χ1v) is 8.10. The standard InChI is InChI=1S/C15H24N2OS/c1-12(13-6-9-19-11-13)17-14(18)10-15(16-2)7-4-3-5-8-15/h6,9,11-12,16H,3-5,7-8,10H2,1-2H3,(H,17,18). The van der Waals surface area contributed by atoms with E-state index < -0.39 is 0 Å². The van der Waals surface area contributed by atoms with E-state index in [1.165, 1.54) is 24.8 Å². The van der Waals surface area contributed by atoms with E-state index in [4.69, 9.17) is 0 Å². The molecule has 1 heterocycles. The molecule has 2 N–H and O–H groups in total. The molecule has 1 aliphatic carbocycles.